The number of hydrogen-bond donors (Lipinski definition) is 0. The molecule has 0 bridgehead atoms. The Kier molecular flexibility index (Phi) is 5.39. The first-order valence-electron chi connectivity index (χ1n) is 13.8. The fourth-order valence-electron chi connectivity index (χ4n) is 8.67. The van der Waals surface area contributed by atoms with Crippen molar-refractivity contribution in [2.45, 2.75) is 111 Å². The van der Waals surface area contributed by atoms with Crippen molar-refractivity contribution in [3.63, 3.8) is 0 Å². The molecule has 0 aliphatic carbocycles. The number of imidazole rings is 1. The standard InChI is InChI=1S/C32H45N2Si/c1-18(2)24-14-13-15-25-27-22(9)16-17-26-29(27)34-30(28(24)25)33(19(3)4)23(10)31(34)35(20(5)6,21(7)8)32(26,11)12/h13-21H,1-12H3/q+1. The average Bonchev–Trinajstić information content (AvgIpc) is 3.06. The van der Waals surface area contributed by atoms with Crippen LogP contribution in [0.25, 0.3) is 27.3 Å². The second kappa shape index (κ2) is 7.68. The van der Waals surface area contributed by atoms with Crippen LogP contribution < -0.4 is 9.72 Å². The number of rotatable bonds is 4. The van der Waals surface area contributed by atoms with Crippen LogP contribution in [0.1, 0.15) is 104 Å². The topological polar surface area (TPSA) is 9.03 Å². The maximum Gasteiger partial charge on any atom is 0.295 e. The zero-order valence-corrected chi connectivity index (χ0v) is 25.1. The number of aryl methyl sites for hydroxylation is 1. The number of nitrogens with zero attached hydrogens (tertiary/aromatic N) is 2. The summed E-state index contributed by atoms with van der Waals surface area (Å²) in [4.78, 5) is 0. The van der Waals surface area contributed by atoms with Gasteiger partial charge in [-0.1, -0.05) is 85.7 Å². The zero-order valence-electron chi connectivity index (χ0n) is 24.1. The van der Waals surface area contributed by atoms with Gasteiger partial charge in [0.1, 0.15) is 16.5 Å². The summed E-state index contributed by atoms with van der Waals surface area (Å²) in [6.45, 7) is 29.4. The first-order valence-corrected chi connectivity index (χ1v) is 15.9. The molecule has 35 heavy (non-hydrogen) atoms. The molecule has 0 saturated carbocycles. The highest BCUT2D eigenvalue weighted by Crippen LogP contribution is 2.51. The Morgan fingerprint density at radius 3 is 2.00 bits per heavy atom. The smallest absolute Gasteiger partial charge is 0.225 e. The van der Waals surface area contributed by atoms with Gasteiger partial charge >= 0.3 is 0 Å². The van der Waals surface area contributed by atoms with Crippen LogP contribution in [0.3, 0.4) is 0 Å². The number of aromatic nitrogens is 2. The third-order valence-electron chi connectivity index (χ3n) is 9.63. The summed E-state index contributed by atoms with van der Waals surface area (Å²) in [6, 6.07) is 12.3. The minimum absolute atomic E-state index is 0.130. The molecule has 4 aromatic rings. The van der Waals surface area contributed by atoms with Crippen LogP contribution >= 0.6 is 0 Å². The van der Waals surface area contributed by atoms with Gasteiger partial charge in [0.25, 0.3) is 5.65 Å². The predicted octanol–water partition coefficient (Wildman–Crippen LogP) is 8.16. The SMILES string of the molecule is Cc1ccc2c3c1c1cccc(C(C)C)c1c1n(C(C)C)c(C)c([n+]31)[Si](C(C)C)(C(C)C)C2(C)C. The van der Waals surface area contributed by atoms with Gasteiger partial charge in [0.05, 0.1) is 11.4 Å². The fourth-order valence-corrected chi connectivity index (χ4v) is 16.5. The average molecular weight is 486 g/mol. The Labute approximate surface area is 213 Å². The minimum Gasteiger partial charge on any atom is -0.225 e. The lowest BCUT2D eigenvalue weighted by molar-refractivity contribution is -0.462. The number of fused-ring (bicyclic) bond motifs is 3. The lowest BCUT2D eigenvalue weighted by atomic mass is 9.90. The molecule has 0 amide bonds. The Bertz CT molecular complexity index is 1490. The van der Waals surface area contributed by atoms with Gasteiger partial charge in [-0.15, -0.1) is 0 Å². The van der Waals surface area contributed by atoms with E-state index >= 15 is 0 Å². The van der Waals surface area contributed by atoms with Crippen LogP contribution in [-0.4, -0.2) is 12.6 Å². The van der Waals surface area contributed by atoms with Crippen molar-refractivity contribution in [3.05, 3.63) is 52.7 Å². The van der Waals surface area contributed by atoms with Gasteiger partial charge in [-0.3, -0.25) is 0 Å². The molecule has 2 aromatic carbocycles. The molecule has 0 radical (unpaired) electrons. The number of pyridine rings is 1. The molecule has 1 aliphatic heterocycles. The lowest BCUT2D eigenvalue weighted by Crippen LogP contribution is -2.74. The summed E-state index contributed by atoms with van der Waals surface area (Å²) >= 11 is 0. The van der Waals surface area contributed by atoms with Crippen LogP contribution in [0.2, 0.25) is 11.1 Å². The maximum atomic E-state index is 2.80. The minimum atomic E-state index is -2.07. The van der Waals surface area contributed by atoms with E-state index in [1.54, 1.807) is 10.9 Å². The van der Waals surface area contributed by atoms with Gasteiger partial charge in [-0.2, -0.15) is 4.40 Å². The monoisotopic (exact) mass is 485 g/mol. The van der Waals surface area contributed by atoms with E-state index in [4.69, 9.17) is 0 Å². The number of benzene rings is 2. The third-order valence-corrected chi connectivity index (χ3v) is 17.0. The normalized spacial score (nSPS) is 16.9. The van der Waals surface area contributed by atoms with Gasteiger partial charge < -0.3 is 0 Å². The highest BCUT2D eigenvalue weighted by Gasteiger charge is 2.62. The second-order valence-corrected chi connectivity index (χ2v) is 18.7. The van der Waals surface area contributed by atoms with Crippen molar-refractivity contribution in [1.82, 2.24) is 4.57 Å². The van der Waals surface area contributed by atoms with Gasteiger partial charge in [0, 0.05) is 23.3 Å². The molecular formula is C32H45N2Si+. The zero-order chi connectivity index (χ0) is 25.8. The van der Waals surface area contributed by atoms with Crippen molar-refractivity contribution in [2.24, 2.45) is 0 Å². The molecule has 3 heteroatoms. The molecule has 0 atom stereocenters. The number of hydrogen-bond acceptors (Lipinski definition) is 0. The summed E-state index contributed by atoms with van der Waals surface area (Å²) in [5.41, 5.74) is 10.1. The Hall–Kier alpha value is -2.13. The maximum absolute atomic E-state index is 2.80. The van der Waals surface area contributed by atoms with Crippen molar-refractivity contribution >= 4 is 40.7 Å². The molecule has 5 rings (SSSR count). The van der Waals surface area contributed by atoms with Crippen molar-refractivity contribution in [2.75, 3.05) is 0 Å². The van der Waals surface area contributed by atoms with E-state index in [0.717, 1.165) is 0 Å². The van der Waals surface area contributed by atoms with E-state index in [2.05, 4.69) is 122 Å². The molecule has 2 aromatic heterocycles. The molecule has 186 valence electrons. The van der Waals surface area contributed by atoms with Crippen LogP contribution in [0.5, 0.6) is 0 Å². The third kappa shape index (κ3) is 2.74. The summed E-state index contributed by atoms with van der Waals surface area (Å²) in [7, 11) is -2.07. The molecule has 0 saturated heterocycles. The van der Waals surface area contributed by atoms with Gasteiger partial charge in [-0.05, 0) is 53.9 Å². The Balaban J connectivity index is 2.28. The van der Waals surface area contributed by atoms with Crippen LogP contribution in [-0.2, 0) is 5.04 Å². The van der Waals surface area contributed by atoms with E-state index in [1.165, 1.54) is 44.1 Å². The highest BCUT2D eigenvalue weighted by atomic mass is 28.3. The molecule has 3 heterocycles. The van der Waals surface area contributed by atoms with E-state index in [1.807, 2.05) is 0 Å². The van der Waals surface area contributed by atoms with Crippen LogP contribution in [0.15, 0.2) is 30.3 Å². The van der Waals surface area contributed by atoms with Gasteiger partial charge in [0.2, 0.25) is 0 Å². The van der Waals surface area contributed by atoms with Crippen LogP contribution in [0, 0.1) is 13.8 Å². The fraction of sp³-hybridized carbons (Fsp3) is 0.531. The molecule has 0 fully saturated rings. The molecule has 1 aliphatic rings. The summed E-state index contributed by atoms with van der Waals surface area (Å²) in [6.07, 6.45) is 0. The first kappa shape index (κ1) is 24.6. The molecule has 0 unspecified atom stereocenters. The summed E-state index contributed by atoms with van der Waals surface area (Å²) in [5.74, 6) is 0.472. The summed E-state index contributed by atoms with van der Waals surface area (Å²) in [5, 5.41) is 6.16. The molecular weight excluding hydrogens is 440 g/mol. The van der Waals surface area contributed by atoms with Gasteiger partial charge in [0.15, 0.2) is 8.07 Å². The second-order valence-electron chi connectivity index (χ2n) is 12.9. The summed E-state index contributed by atoms with van der Waals surface area (Å²) < 4.78 is 5.50. The van der Waals surface area contributed by atoms with Crippen molar-refractivity contribution in [3.8, 4) is 0 Å². The van der Waals surface area contributed by atoms with E-state index in [9.17, 15) is 0 Å². The van der Waals surface area contributed by atoms with E-state index < -0.39 is 8.07 Å². The predicted molar refractivity (Wildman–Crippen MR) is 155 cm³/mol. The van der Waals surface area contributed by atoms with E-state index in [0.29, 0.717) is 23.0 Å². The highest BCUT2D eigenvalue weighted by molar-refractivity contribution is 6.95. The molecule has 0 N–H and O–H groups in total. The molecule has 0 spiro atoms. The Morgan fingerprint density at radius 1 is 0.829 bits per heavy atom. The largest absolute Gasteiger partial charge is 0.295 e. The van der Waals surface area contributed by atoms with E-state index in [-0.39, 0.29) is 5.04 Å². The van der Waals surface area contributed by atoms with Gasteiger partial charge in [-0.25, -0.2) is 4.57 Å². The van der Waals surface area contributed by atoms with Crippen LogP contribution in [0.4, 0.5) is 0 Å². The quantitative estimate of drug-likeness (QED) is 0.157. The first-order chi connectivity index (χ1) is 16.3. The lowest BCUT2D eigenvalue weighted by Gasteiger charge is -2.51. The van der Waals surface area contributed by atoms with Crippen molar-refractivity contribution in [1.29, 1.82) is 0 Å². The molecule has 2 nitrogen and oxygen atoms in total. The van der Waals surface area contributed by atoms with Crippen molar-refractivity contribution < 1.29 is 4.40 Å². The Morgan fingerprint density at radius 2 is 1.46 bits per heavy atom.